The first-order chi connectivity index (χ1) is 14.1. The smallest absolute Gasteiger partial charge is 0.255 e. The molecule has 1 aliphatic heterocycles. The molecule has 1 aliphatic carbocycles. The van der Waals surface area contributed by atoms with Crippen LogP contribution < -0.4 is 4.74 Å². The highest BCUT2D eigenvalue weighted by Gasteiger charge is 2.24. The lowest BCUT2D eigenvalue weighted by Gasteiger charge is -2.28. The number of hydrogen-bond donors (Lipinski definition) is 0. The van der Waals surface area contributed by atoms with Gasteiger partial charge in [-0.1, -0.05) is 19.3 Å². The topological polar surface area (TPSA) is 45.7 Å². The number of nitrogens with zero attached hydrogens (tertiary/aromatic N) is 3. The van der Waals surface area contributed by atoms with E-state index in [-0.39, 0.29) is 5.91 Å². The van der Waals surface area contributed by atoms with Crippen LogP contribution in [-0.2, 0) is 0 Å². The molecule has 2 aromatic rings. The summed E-state index contributed by atoms with van der Waals surface area (Å²) in [6.07, 6.45) is 8.00. The molecule has 156 valence electrons. The first-order valence-corrected chi connectivity index (χ1v) is 11.1. The van der Waals surface area contributed by atoms with Crippen molar-refractivity contribution in [3.63, 3.8) is 0 Å². The Kier molecular flexibility index (Phi) is 6.34. The van der Waals surface area contributed by atoms with Gasteiger partial charge in [-0.3, -0.25) is 9.78 Å². The fraction of sp³-hybridized carbons (Fsp3) is 0.583. The normalized spacial score (nSPS) is 19.3. The number of rotatable bonds is 4. The Bertz CT molecular complexity index is 861. The molecule has 0 spiro atoms. The maximum atomic E-state index is 13.3. The molecule has 2 heterocycles. The average Bonchev–Trinajstić information content (AvgIpc) is 2.98. The van der Waals surface area contributed by atoms with Crippen LogP contribution in [-0.4, -0.2) is 60.5 Å². The Hall–Kier alpha value is -2.14. The third-order valence-corrected chi connectivity index (χ3v) is 6.56. The second-order valence-electron chi connectivity index (χ2n) is 8.63. The maximum absolute atomic E-state index is 13.3. The third kappa shape index (κ3) is 4.72. The Labute approximate surface area is 174 Å². The Morgan fingerprint density at radius 3 is 2.69 bits per heavy atom. The highest BCUT2D eigenvalue weighted by molar-refractivity contribution is 5.98. The fourth-order valence-corrected chi connectivity index (χ4v) is 4.85. The van der Waals surface area contributed by atoms with Crippen LogP contribution >= 0.6 is 0 Å². The van der Waals surface area contributed by atoms with Gasteiger partial charge in [0.1, 0.15) is 5.75 Å². The van der Waals surface area contributed by atoms with Gasteiger partial charge in [-0.2, -0.15) is 0 Å². The summed E-state index contributed by atoms with van der Waals surface area (Å²) < 4.78 is 5.29. The van der Waals surface area contributed by atoms with E-state index in [4.69, 9.17) is 4.74 Å². The van der Waals surface area contributed by atoms with Gasteiger partial charge in [-0.25, -0.2) is 0 Å². The van der Waals surface area contributed by atoms with Crippen molar-refractivity contribution < 1.29 is 9.53 Å². The summed E-state index contributed by atoms with van der Waals surface area (Å²) >= 11 is 0. The van der Waals surface area contributed by atoms with E-state index in [9.17, 15) is 4.79 Å². The molecular weight excluding hydrogens is 362 g/mol. The highest BCUT2D eigenvalue weighted by Crippen LogP contribution is 2.25. The minimum absolute atomic E-state index is 0.118. The lowest BCUT2D eigenvalue weighted by molar-refractivity contribution is 0.0759. The quantitative estimate of drug-likeness (QED) is 0.775. The number of aryl methyl sites for hydroxylation is 1. The number of pyridine rings is 1. The van der Waals surface area contributed by atoms with Gasteiger partial charge in [0.05, 0.1) is 23.9 Å². The van der Waals surface area contributed by atoms with Gasteiger partial charge in [-0.05, 0) is 56.8 Å². The molecule has 1 saturated heterocycles. The average molecular weight is 396 g/mol. The summed E-state index contributed by atoms with van der Waals surface area (Å²) in [5, 5.41) is 0.980. The number of aromatic nitrogens is 1. The van der Waals surface area contributed by atoms with Crippen LogP contribution in [0.1, 0.15) is 54.6 Å². The number of benzene rings is 1. The van der Waals surface area contributed by atoms with E-state index < -0.39 is 0 Å². The monoisotopic (exact) mass is 395 g/mol. The zero-order chi connectivity index (χ0) is 20.2. The molecule has 5 heteroatoms. The van der Waals surface area contributed by atoms with Crippen molar-refractivity contribution in [3.8, 4) is 5.75 Å². The Morgan fingerprint density at radius 2 is 1.90 bits per heavy atom. The summed E-state index contributed by atoms with van der Waals surface area (Å²) in [6.45, 7) is 6.88. The number of ether oxygens (including phenoxy) is 1. The minimum atomic E-state index is 0.118. The van der Waals surface area contributed by atoms with E-state index in [0.717, 1.165) is 66.4 Å². The largest absolute Gasteiger partial charge is 0.497 e. The van der Waals surface area contributed by atoms with Gasteiger partial charge in [0, 0.05) is 37.6 Å². The van der Waals surface area contributed by atoms with Crippen molar-refractivity contribution in [1.29, 1.82) is 0 Å². The van der Waals surface area contributed by atoms with Crippen molar-refractivity contribution in [2.75, 3.05) is 39.8 Å². The summed E-state index contributed by atoms with van der Waals surface area (Å²) in [5.74, 6) is 1.76. The van der Waals surface area contributed by atoms with E-state index in [1.165, 1.54) is 38.6 Å². The van der Waals surface area contributed by atoms with Crippen LogP contribution in [0.15, 0.2) is 24.3 Å². The summed E-state index contributed by atoms with van der Waals surface area (Å²) in [4.78, 5) is 22.6. The van der Waals surface area contributed by atoms with Gasteiger partial charge in [0.25, 0.3) is 5.91 Å². The van der Waals surface area contributed by atoms with Crippen molar-refractivity contribution in [2.45, 2.75) is 45.4 Å². The van der Waals surface area contributed by atoms with Gasteiger partial charge in [0.15, 0.2) is 0 Å². The molecule has 0 radical (unpaired) electrons. The Balaban J connectivity index is 1.44. The van der Waals surface area contributed by atoms with Crippen LogP contribution in [0.2, 0.25) is 0 Å². The van der Waals surface area contributed by atoms with Crippen LogP contribution in [0.3, 0.4) is 0 Å². The fourth-order valence-electron chi connectivity index (χ4n) is 4.85. The molecule has 1 saturated carbocycles. The molecule has 0 bridgehead atoms. The SMILES string of the molecule is COc1ccc2cc(C(=O)N3CCCN(CC4CCCCC4)CC3)c(C)nc2c1. The second kappa shape index (κ2) is 9.12. The van der Waals surface area contributed by atoms with Gasteiger partial charge < -0.3 is 14.5 Å². The van der Waals surface area contributed by atoms with Crippen LogP contribution in [0.25, 0.3) is 10.9 Å². The molecule has 0 unspecified atom stereocenters. The van der Waals surface area contributed by atoms with E-state index >= 15 is 0 Å². The van der Waals surface area contributed by atoms with Gasteiger partial charge in [-0.15, -0.1) is 0 Å². The third-order valence-electron chi connectivity index (χ3n) is 6.56. The second-order valence-corrected chi connectivity index (χ2v) is 8.63. The summed E-state index contributed by atoms with van der Waals surface area (Å²) in [7, 11) is 1.66. The van der Waals surface area contributed by atoms with E-state index in [1.54, 1.807) is 7.11 Å². The summed E-state index contributed by atoms with van der Waals surface area (Å²) in [6, 6.07) is 7.81. The van der Waals surface area contributed by atoms with Crippen LogP contribution in [0.5, 0.6) is 5.75 Å². The summed E-state index contributed by atoms with van der Waals surface area (Å²) in [5.41, 5.74) is 2.38. The first-order valence-electron chi connectivity index (χ1n) is 11.1. The number of carbonyl (C=O) groups is 1. The molecule has 29 heavy (non-hydrogen) atoms. The van der Waals surface area contributed by atoms with Crippen molar-refractivity contribution in [3.05, 3.63) is 35.5 Å². The van der Waals surface area contributed by atoms with Gasteiger partial charge >= 0.3 is 0 Å². The van der Waals surface area contributed by atoms with E-state index in [1.807, 2.05) is 36.1 Å². The molecule has 2 aliphatic rings. The van der Waals surface area contributed by atoms with Crippen molar-refractivity contribution in [1.82, 2.24) is 14.8 Å². The molecule has 4 rings (SSSR count). The number of carbonyl (C=O) groups excluding carboxylic acids is 1. The van der Waals surface area contributed by atoms with Crippen molar-refractivity contribution >= 4 is 16.8 Å². The predicted molar refractivity (Wildman–Crippen MR) is 117 cm³/mol. The predicted octanol–water partition coefficient (Wildman–Crippen LogP) is 4.28. The molecular formula is C24H33N3O2. The number of fused-ring (bicyclic) bond motifs is 1. The highest BCUT2D eigenvalue weighted by atomic mass is 16.5. The van der Waals surface area contributed by atoms with Crippen LogP contribution in [0.4, 0.5) is 0 Å². The van der Waals surface area contributed by atoms with Crippen molar-refractivity contribution in [2.24, 2.45) is 5.92 Å². The number of hydrogen-bond acceptors (Lipinski definition) is 4. The number of amides is 1. The molecule has 5 nitrogen and oxygen atoms in total. The molecule has 0 atom stereocenters. The molecule has 1 aromatic heterocycles. The lowest BCUT2D eigenvalue weighted by Crippen LogP contribution is -2.37. The van der Waals surface area contributed by atoms with E-state index in [2.05, 4.69) is 9.88 Å². The molecule has 2 fully saturated rings. The standard InChI is InChI=1S/C24H33N3O2/c1-18-22(15-20-9-10-21(29-2)16-23(20)25-18)24(28)27-12-6-11-26(13-14-27)17-19-7-4-3-5-8-19/h9-10,15-16,19H,3-8,11-14,17H2,1-2H3. The molecule has 1 aromatic carbocycles. The lowest BCUT2D eigenvalue weighted by atomic mass is 9.89. The maximum Gasteiger partial charge on any atom is 0.255 e. The zero-order valence-electron chi connectivity index (χ0n) is 17.8. The molecule has 0 N–H and O–H groups in total. The van der Waals surface area contributed by atoms with E-state index in [0.29, 0.717) is 0 Å². The number of methoxy groups -OCH3 is 1. The van der Waals surface area contributed by atoms with Gasteiger partial charge in [0.2, 0.25) is 0 Å². The minimum Gasteiger partial charge on any atom is -0.497 e. The molecule has 1 amide bonds. The first kappa shape index (κ1) is 20.1. The zero-order valence-corrected chi connectivity index (χ0v) is 17.8. The van der Waals surface area contributed by atoms with Crippen LogP contribution in [0, 0.1) is 12.8 Å². The Morgan fingerprint density at radius 1 is 1.07 bits per heavy atom.